The standard InChI is InChI=1S/C22H23N5O3/c1-13(27-10-8-23-9-11-27)19-17(29-2)6-5-15-20(28)18(30-21(15)19)12-16-14-4-3-7-24-22(14)26-25-16/h3-7,12-13,23H,8-11H2,1-2H3,(H,24,25,26). The summed E-state index contributed by atoms with van der Waals surface area (Å²) in [5, 5.41) is 11.4. The number of ketones is 1. The number of fused-ring (bicyclic) bond motifs is 2. The zero-order valence-corrected chi connectivity index (χ0v) is 16.9. The molecule has 154 valence electrons. The van der Waals surface area contributed by atoms with Crippen molar-refractivity contribution in [2.75, 3.05) is 33.3 Å². The van der Waals surface area contributed by atoms with Gasteiger partial charge in [0.25, 0.3) is 0 Å². The topological polar surface area (TPSA) is 92.4 Å². The van der Waals surface area contributed by atoms with Crippen molar-refractivity contribution in [2.24, 2.45) is 0 Å². The van der Waals surface area contributed by atoms with Gasteiger partial charge in [-0.1, -0.05) is 0 Å². The molecule has 0 aliphatic carbocycles. The van der Waals surface area contributed by atoms with Crippen LogP contribution in [0, 0.1) is 0 Å². The van der Waals surface area contributed by atoms with Crippen molar-refractivity contribution in [1.82, 2.24) is 25.4 Å². The third-order valence-corrected chi connectivity index (χ3v) is 5.81. The van der Waals surface area contributed by atoms with E-state index in [4.69, 9.17) is 9.47 Å². The van der Waals surface area contributed by atoms with E-state index in [2.05, 4.69) is 32.3 Å². The molecule has 1 aromatic carbocycles. The average molecular weight is 405 g/mol. The molecule has 5 rings (SSSR count). The van der Waals surface area contributed by atoms with E-state index >= 15 is 0 Å². The second-order valence-corrected chi connectivity index (χ2v) is 7.47. The number of hydrogen-bond acceptors (Lipinski definition) is 7. The van der Waals surface area contributed by atoms with Gasteiger partial charge in [-0.2, -0.15) is 5.10 Å². The van der Waals surface area contributed by atoms with Crippen LogP contribution >= 0.6 is 0 Å². The summed E-state index contributed by atoms with van der Waals surface area (Å²) < 4.78 is 11.8. The van der Waals surface area contributed by atoms with Crippen LogP contribution in [-0.4, -0.2) is 59.2 Å². The number of nitrogens with zero attached hydrogens (tertiary/aromatic N) is 3. The zero-order valence-electron chi connectivity index (χ0n) is 16.9. The number of carbonyl (C=O) groups is 1. The van der Waals surface area contributed by atoms with Crippen LogP contribution in [0.15, 0.2) is 36.2 Å². The SMILES string of the molecule is COc1ccc2c(c1C(C)N1CCNCC1)OC(=Cc1n[nH]c3ncccc13)C2=O. The molecule has 8 heteroatoms. The molecule has 2 aliphatic rings. The highest BCUT2D eigenvalue weighted by atomic mass is 16.5. The number of Topliss-reactive ketones (excluding diaryl/α,β-unsaturated/α-hetero) is 1. The first-order valence-corrected chi connectivity index (χ1v) is 10.1. The van der Waals surface area contributed by atoms with Crippen molar-refractivity contribution >= 4 is 22.9 Å². The summed E-state index contributed by atoms with van der Waals surface area (Å²) in [7, 11) is 1.64. The average Bonchev–Trinajstić information content (AvgIpc) is 3.34. The maximum absolute atomic E-state index is 13.1. The number of methoxy groups -OCH3 is 1. The number of nitrogens with one attached hydrogen (secondary N) is 2. The number of pyridine rings is 1. The molecule has 8 nitrogen and oxygen atoms in total. The second-order valence-electron chi connectivity index (χ2n) is 7.47. The van der Waals surface area contributed by atoms with Gasteiger partial charge in [-0.15, -0.1) is 0 Å². The van der Waals surface area contributed by atoms with Gasteiger partial charge in [0.05, 0.1) is 23.9 Å². The van der Waals surface area contributed by atoms with Gasteiger partial charge in [0.2, 0.25) is 5.78 Å². The molecular formula is C22H23N5O3. The summed E-state index contributed by atoms with van der Waals surface area (Å²) in [6, 6.07) is 7.43. The molecule has 1 atom stereocenters. The summed E-state index contributed by atoms with van der Waals surface area (Å²) in [4.78, 5) is 19.7. The van der Waals surface area contributed by atoms with Crippen molar-refractivity contribution in [3.63, 3.8) is 0 Å². The molecule has 2 aromatic heterocycles. The molecule has 2 aliphatic heterocycles. The predicted octanol–water partition coefficient (Wildman–Crippen LogP) is 2.55. The maximum Gasteiger partial charge on any atom is 0.232 e. The summed E-state index contributed by atoms with van der Waals surface area (Å²) in [5.41, 5.74) is 2.75. The van der Waals surface area contributed by atoms with Gasteiger partial charge in [-0.25, -0.2) is 4.98 Å². The minimum Gasteiger partial charge on any atom is -0.496 e. The molecule has 1 unspecified atom stereocenters. The first-order chi connectivity index (χ1) is 14.7. The second kappa shape index (κ2) is 7.55. The third-order valence-electron chi connectivity index (χ3n) is 5.81. The van der Waals surface area contributed by atoms with Crippen molar-refractivity contribution in [1.29, 1.82) is 0 Å². The van der Waals surface area contributed by atoms with Crippen LogP contribution < -0.4 is 14.8 Å². The number of aromatic nitrogens is 3. The maximum atomic E-state index is 13.1. The number of ether oxygens (including phenoxy) is 2. The van der Waals surface area contributed by atoms with Crippen molar-refractivity contribution < 1.29 is 14.3 Å². The van der Waals surface area contributed by atoms with E-state index in [-0.39, 0.29) is 17.6 Å². The lowest BCUT2D eigenvalue weighted by Crippen LogP contribution is -2.44. The van der Waals surface area contributed by atoms with Crippen LogP contribution in [0.2, 0.25) is 0 Å². The molecule has 0 amide bonds. The Labute approximate surface area is 173 Å². The lowest BCUT2D eigenvalue weighted by Gasteiger charge is -2.34. The van der Waals surface area contributed by atoms with E-state index in [1.54, 1.807) is 25.4 Å². The van der Waals surface area contributed by atoms with Crippen molar-refractivity contribution in [3.05, 3.63) is 53.0 Å². The van der Waals surface area contributed by atoms with E-state index in [1.165, 1.54) is 0 Å². The fourth-order valence-corrected chi connectivity index (χ4v) is 4.19. The predicted molar refractivity (Wildman–Crippen MR) is 113 cm³/mol. The number of H-pyrrole nitrogens is 1. The van der Waals surface area contributed by atoms with Crippen molar-refractivity contribution in [3.8, 4) is 11.5 Å². The fraction of sp³-hybridized carbons (Fsp3) is 0.318. The van der Waals surface area contributed by atoms with E-state index in [1.807, 2.05) is 18.2 Å². The largest absolute Gasteiger partial charge is 0.496 e. The number of rotatable bonds is 4. The Morgan fingerprint density at radius 3 is 2.90 bits per heavy atom. The van der Waals surface area contributed by atoms with Crippen LogP contribution in [0.1, 0.15) is 34.6 Å². The molecule has 0 spiro atoms. The summed E-state index contributed by atoms with van der Waals surface area (Å²) in [5.74, 6) is 1.41. The van der Waals surface area contributed by atoms with Crippen LogP contribution in [-0.2, 0) is 0 Å². The summed E-state index contributed by atoms with van der Waals surface area (Å²) in [6.07, 6.45) is 3.37. The molecule has 1 saturated heterocycles. The first-order valence-electron chi connectivity index (χ1n) is 10.1. The number of carbonyl (C=O) groups excluding carboxylic acids is 1. The van der Waals surface area contributed by atoms with Gasteiger partial charge in [0.15, 0.2) is 11.4 Å². The Kier molecular flexibility index (Phi) is 4.72. The normalized spacial score (nSPS) is 19.1. The van der Waals surface area contributed by atoms with E-state index < -0.39 is 0 Å². The van der Waals surface area contributed by atoms with Gasteiger partial charge < -0.3 is 14.8 Å². The fourth-order valence-electron chi connectivity index (χ4n) is 4.19. The van der Waals surface area contributed by atoms with E-state index in [0.29, 0.717) is 22.7 Å². The smallest absolute Gasteiger partial charge is 0.232 e. The minimum absolute atomic E-state index is 0.0552. The Morgan fingerprint density at radius 2 is 2.10 bits per heavy atom. The zero-order chi connectivity index (χ0) is 20.7. The Bertz CT molecular complexity index is 1150. The van der Waals surface area contributed by atoms with Gasteiger partial charge >= 0.3 is 0 Å². The Balaban J connectivity index is 1.55. The first kappa shape index (κ1) is 18.8. The van der Waals surface area contributed by atoms with E-state index in [0.717, 1.165) is 42.9 Å². The Morgan fingerprint density at radius 1 is 1.27 bits per heavy atom. The van der Waals surface area contributed by atoms with Gasteiger partial charge in [-0.3, -0.25) is 14.8 Å². The lowest BCUT2D eigenvalue weighted by molar-refractivity contribution is 0.101. The minimum atomic E-state index is -0.151. The molecule has 0 radical (unpaired) electrons. The highest BCUT2D eigenvalue weighted by Gasteiger charge is 2.35. The number of hydrogen-bond donors (Lipinski definition) is 2. The van der Waals surface area contributed by atoms with Crippen LogP contribution in [0.3, 0.4) is 0 Å². The van der Waals surface area contributed by atoms with Crippen molar-refractivity contribution in [2.45, 2.75) is 13.0 Å². The number of allylic oxidation sites excluding steroid dienone is 1. The molecule has 1 fully saturated rings. The van der Waals surface area contributed by atoms with E-state index in [9.17, 15) is 4.79 Å². The van der Waals surface area contributed by atoms with Gasteiger partial charge in [0, 0.05) is 49.9 Å². The van der Waals surface area contributed by atoms with Crippen LogP contribution in [0.4, 0.5) is 0 Å². The molecule has 0 saturated carbocycles. The highest BCUT2D eigenvalue weighted by Crippen LogP contribution is 2.44. The van der Waals surface area contributed by atoms with Crippen LogP contribution in [0.25, 0.3) is 17.1 Å². The molecule has 2 N–H and O–H groups in total. The summed E-state index contributed by atoms with van der Waals surface area (Å²) >= 11 is 0. The molecule has 0 bridgehead atoms. The quantitative estimate of drug-likeness (QED) is 0.645. The molecule has 4 heterocycles. The highest BCUT2D eigenvalue weighted by molar-refractivity contribution is 6.15. The monoisotopic (exact) mass is 405 g/mol. The van der Waals surface area contributed by atoms with Crippen LogP contribution in [0.5, 0.6) is 11.5 Å². The third kappa shape index (κ3) is 3.05. The number of piperazine rings is 1. The summed E-state index contributed by atoms with van der Waals surface area (Å²) in [6.45, 7) is 5.86. The molecule has 3 aromatic rings. The number of benzene rings is 1. The van der Waals surface area contributed by atoms with Gasteiger partial charge in [-0.05, 0) is 31.2 Å². The molecule has 30 heavy (non-hydrogen) atoms. The lowest BCUT2D eigenvalue weighted by atomic mass is 9.99. The molecular weight excluding hydrogens is 382 g/mol. The Hall–Kier alpha value is -3.23. The number of aromatic amines is 1. The van der Waals surface area contributed by atoms with Gasteiger partial charge in [0.1, 0.15) is 11.5 Å².